The van der Waals surface area contributed by atoms with Crippen LogP contribution in [0.5, 0.6) is 0 Å². The van der Waals surface area contributed by atoms with Crippen LogP contribution in [0.4, 0.5) is 0 Å². The highest BCUT2D eigenvalue weighted by Crippen LogP contribution is 2.29. The Labute approximate surface area is 211 Å². The Morgan fingerprint density at radius 2 is 1.51 bits per heavy atom. The minimum absolute atomic E-state index is 0.315. The summed E-state index contributed by atoms with van der Waals surface area (Å²) in [6.07, 6.45) is 0. The normalized spacial score (nSPS) is 12.6. The minimum atomic E-state index is -3.78. The van der Waals surface area contributed by atoms with Gasteiger partial charge >= 0.3 is 0 Å². The molecule has 6 nitrogen and oxygen atoms in total. The molecule has 8 heteroatoms. The first kappa shape index (κ1) is 25.2. The number of nitrogens with zero attached hydrogens (tertiary/aromatic N) is 3. The zero-order valence-corrected chi connectivity index (χ0v) is 22.2. The van der Waals surface area contributed by atoms with Gasteiger partial charge in [0.25, 0.3) is 0 Å². The highest BCUT2D eigenvalue weighted by molar-refractivity contribution is 7.98. The number of sulfonamides is 1. The van der Waals surface area contributed by atoms with Crippen molar-refractivity contribution in [3.63, 3.8) is 0 Å². The topological polar surface area (TPSA) is 76.9 Å². The molecule has 1 unspecified atom stereocenters. The van der Waals surface area contributed by atoms with E-state index < -0.39 is 16.1 Å². The molecular formula is C27H30N4O2S2. The van der Waals surface area contributed by atoms with Crippen LogP contribution in [0.15, 0.2) is 76.8 Å². The van der Waals surface area contributed by atoms with Crippen molar-refractivity contribution in [2.75, 3.05) is 0 Å². The summed E-state index contributed by atoms with van der Waals surface area (Å²) in [5, 5.41) is 9.58. The zero-order valence-electron chi connectivity index (χ0n) is 20.6. The molecule has 0 saturated heterocycles. The molecule has 3 aromatic carbocycles. The van der Waals surface area contributed by atoms with Crippen molar-refractivity contribution in [2.45, 2.75) is 56.5 Å². The van der Waals surface area contributed by atoms with E-state index in [2.05, 4.69) is 27.1 Å². The van der Waals surface area contributed by atoms with Gasteiger partial charge in [-0.1, -0.05) is 77.5 Å². The molecule has 0 aliphatic carbocycles. The van der Waals surface area contributed by atoms with Gasteiger partial charge < -0.3 is 0 Å². The van der Waals surface area contributed by atoms with Gasteiger partial charge in [0, 0.05) is 11.4 Å². The van der Waals surface area contributed by atoms with E-state index in [1.54, 1.807) is 18.7 Å². The first-order chi connectivity index (χ1) is 16.7. The van der Waals surface area contributed by atoms with Crippen LogP contribution in [-0.4, -0.2) is 23.2 Å². The maximum Gasteiger partial charge on any atom is 0.241 e. The van der Waals surface area contributed by atoms with E-state index in [9.17, 15) is 8.42 Å². The predicted octanol–water partition coefficient (Wildman–Crippen LogP) is 5.83. The second-order valence-electron chi connectivity index (χ2n) is 8.86. The lowest BCUT2D eigenvalue weighted by Crippen LogP contribution is -2.30. The van der Waals surface area contributed by atoms with E-state index in [1.165, 1.54) is 5.56 Å². The number of hydrogen-bond acceptors (Lipinski definition) is 5. The summed E-state index contributed by atoms with van der Waals surface area (Å²) in [5.74, 6) is 1.27. The highest BCUT2D eigenvalue weighted by Gasteiger charge is 2.27. The van der Waals surface area contributed by atoms with Crippen LogP contribution in [0.25, 0.3) is 5.69 Å². The molecule has 1 aromatic heterocycles. The maximum absolute atomic E-state index is 13.4. The Morgan fingerprint density at radius 3 is 2.14 bits per heavy atom. The number of rotatable bonds is 8. The van der Waals surface area contributed by atoms with E-state index in [-0.39, 0.29) is 0 Å². The van der Waals surface area contributed by atoms with Crippen LogP contribution in [0.1, 0.15) is 46.6 Å². The van der Waals surface area contributed by atoms with Gasteiger partial charge in [0.15, 0.2) is 11.0 Å². The number of nitrogens with one attached hydrogen (secondary N) is 1. The highest BCUT2D eigenvalue weighted by atomic mass is 32.2. The van der Waals surface area contributed by atoms with Crippen molar-refractivity contribution in [3.8, 4) is 5.69 Å². The Hall–Kier alpha value is -2.94. The lowest BCUT2D eigenvalue weighted by molar-refractivity contribution is 0.555. The van der Waals surface area contributed by atoms with Gasteiger partial charge in [0.05, 0.1) is 10.9 Å². The molecule has 0 saturated carbocycles. The zero-order chi connectivity index (χ0) is 25.2. The third-order valence-electron chi connectivity index (χ3n) is 5.75. The molecular weight excluding hydrogens is 476 g/mol. The fourth-order valence-electron chi connectivity index (χ4n) is 4.25. The smallest absolute Gasteiger partial charge is 0.241 e. The first-order valence-electron chi connectivity index (χ1n) is 11.4. The van der Waals surface area contributed by atoms with E-state index in [0.717, 1.165) is 33.7 Å². The van der Waals surface area contributed by atoms with Crippen molar-refractivity contribution in [3.05, 3.63) is 100 Å². The Balaban J connectivity index is 1.69. The largest absolute Gasteiger partial charge is 0.273 e. The van der Waals surface area contributed by atoms with E-state index >= 15 is 0 Å². The molecule has 35 heavy (non-hydrogen) atoms. The number of aromatic nitrogens is 3. The summed E-state index contributed by atoms with van der Waals surface area (Å²) < 4.78 is 31.6. The van der Waals surface area contributed by atoms with Crippen molar-refractivity contribution in [2.24, 2.45) is 0 Å². The monoisotopic (exact) mass is 506 g/mol. The Kier molecular flexibility index (Phi) is 7.44. The third-order valence-corrected chi connectivity index (χ3v) is 8.60. The van der Waals surface area contributed by atoms with Crippen molar-refractivity contribution in [1.29, 1.82) is 0 Å². The van der Waals surface area contributed by atoms with Crippen LogP contribution >= 0.6 is 11.8 Å². The van der Waals surface area contributed by atoms with Crippen molar-refractivity contribution < 1.29 is 8.42 Å². The minimum Gasteiger partial charge on any atom is -0.273 e. The molecule has 4 rings (SSSR count). The van der Waals surface area contributed by atoms with E-state index in [1.807, 2.05) is 86.9 Å². The molecule has 0 aliphatic rings. The molecule has 0 spiro atoms. The average Bonchev–Trinajstić information content (AvgIpc) is 3.22. The lowest BCUT2D eigenvalue weighted by Gasteiger charge is -2.18. The predicted molar refractivity (Wildman–Crippen MR) is 141 cm³/mol. The molecule has 0 aliphatic heterocycles. The first-order valence-corrected chi connectivity index (χ1v) is 13.9. The number of aryl methyl sites for hydroxylation is 4. The second-order valence-corrected chi connectivity index (χ2v) is 11.5. The molecule has 1 heterocycles. The summed E-state index contributed by atoms with van der Waals surface area (Å²) in [6, 6.07) is 21.4. The Morgan fingerprint density at radius 1 is 0.886 bits per heavy atom. The molecule has 1 N–H and O–H groups in total. The number of thioether (sulfide) groups is 1. The summed E-state index contributed by atoms with van der Waals surface area (Å²) in [7, 11) is -3.78. The van der Waals surface area contributed by atoms with Gasteiger partial charge in [-0.3, -0.25) is 4.57 Å². The summed E-state index contributed by atoms with van der Waals surface area (Å²) in [5.41, 5.74) is 5.69. The second kappa shape index (κ2) is 10.4. The van der Waals surface area contributed by atoms with Gasteiger partial charge in [-0.05, 0) is 63.4 Å². The molecule has 182 valence electrons. The van der Waals surface area contributed by atoms with E-state index in [0.29, 0.717) is 15.9 Å². The molecule has 0 bridgehead atoms. The standard InChI is InChI=1S/C27H30N4O2S2/c1-18-11-13-24(14-12-18)31-26(28-29-27(31)34-17-23-9-7-6-8-10-23)22(5)30-35(32,33)25-20(3)15-19(2)16-21(25)4/h6-16,22,30H,17H2,1-5H3. The van der Waals surface area contributed by atoms with Gasteiger partial charge in [0.1, 0.15) is 0 Å². The summed E-state index contributed by atoms with van der Waals surface area (Å²) >= 11 is 1.57. The fraction of sp³-hybridized carbons (Fsp3) is 0.259. The number of hydrogen-bond donors (Lipinski definition) is 1. The van der Waals surface area contributed by atoms with E-state index in [4.69, 9.17) is 0 Å². The van der Waals surface area contributed by atoms with Crippen LogP contribution < -0.4 is 4.72 Å². The Bertz CT molecular complexity index is 1410. The maximum atomic E-state index is 13.4. The van der Waals surface area contributed by atoms with Crippen LogP contribution in [0, 0.1) is 27.7 Å². The van der Waals surface area contributed by atoms with Crippen LogP contribution in [0.2, 0.25) is 0 Å². The van der Waals surface area contributed by atoms with Gasteiger partial charge in [-0.25, -0.2) is 13.1 Å². The number of benzene rings is 3. The average molecular weight is 507 g/mol. The van der Waals surface area contributed by atoms with Gasteiger partial charge in [-0.15, -0.1) is 10.2 Å². The fourth-order valence-corrected chi connectivity index (χ4v) is 6.82. The molecule has 0 fully saturated rings. The summed E-state index contributed by atoms with van der Waals surface area (Å²) in [4.78, 5) is 0.315. The SMILES string of the molecule is Cc1ccc(-n2c(SCc3ccccc3)nnc2C(C)NS(=O)(=O)c2c(C)cc(C)cc2C)cc1. The molecule has 1 atom stereocenters. The third kappa shape index (κ3) is 5.66. The van der Waals surface area contributed by atoms with Crippen molar-refractivity contribution >= 4 is 21.8 Å². The molecule has 0 amide bonds. The summed E-state index contributed by atoms with van der Waals surface area (Å²) in [6.45, 7) is 9.45. The molecule has 0 radical (unpaired) electrons. The van der Waals surface area contributed by atoms with Crippen molar-refractivity contribution in [1.82, 2.24) is 19.5 Å². The van der Waals surface area contributed by atoms with Crippen LogP contribution in [-0.2, 0) is 15.8 Å². The van der Waals surface area contributed by atoms with Gasteiger partial charge in [-0.2, -0.15) is 0 Å². The quantitative estimate of drug-likeness (QED) is 0.304. The molecule has 4 aromatic rings. The van der Waals surface area contributed by atoms with Gasteiger partial charge in [0.2, 0.25) is 10.0 Å². The lowest BCUT2D eigenvalue weighted by atomic mass is 10.1. The van der Waals surface area contributed by atoms with Crippen LogP contribution in [0.3, 0.4) is 0 Å².